The number of hydrogen-bond donors (Lipinski definition) is 0. The van der Waals surface area contributed by atoms with Crippen molar-refractivity contribution in [3.8, 4) is 0 Å². The minimum Gasteiger partial charge on any atom is -0.378 e. The monoisotopic (exact) mass is 414 g/mol. The van der Waals surface area contributed by atoms with Crippen LogP contribution < -0.4 is 0 Å². The van der Waals surface area contributed by atoms with Crippen LogP contribution >= 0.6 is 0 Å². The highest BCUT2D eigenvalue weighted by Gasteiger charge is 2.59. The lowest BCUT2D eigenvalue weighted by Gasteiger charge is -2.58. The SMILES string of the molecule is CCO[C@H]1CCC2(C)C(=CCC3C2CCC2(C)C(C(C)CCCC(C)C)CCC32)C1. The van der Waals surface area contributed by atoms with Gasteiger partial charge in [-0.2, -0.15) is 0 Å². The van der Waals surface area contributed by atoms with E-state index in [4.69, 9.17) is 4.74 Å². The first-order valence-corrected chi connectivity index (χ1v) is 13.6. The Labute approximate surface area is 187 Å². The van der Waals surface area contributed by atoms with E-state index < -0.39 is 0 Å². The van der Waals surface area contributed by atoms with Crippen LogP contribution in [0.5, 0.6) is 0 Å². The molecule has 8 atom stereocenters. The molecule has 3 saturated carbocycles. The molecule has 1 heteroatoms. The van der Waals surface area contributed by atoms with Gasteiger partial charge in [0.15, 0.2) is 0 Å². The Bertz CT molecular complexity index is 620. The molecule has 1 nitrogen and oxygen atoms in total. The predicted molar refractivity (Wildman–Crippen MR) is 128 cm³/mol. The van der Waals surface area contributed by atoms with Crippen molar-refractivity contribution >= 4 is 0 Å². The molecule has 4 aliphatic carbocycles. The molecule has 0 aromatic heterocycles. The van der Waals surface area contributed by atoms with E-state index in [-0.39, 0.29) is 0 Å². The third kappa shape index (κ3) is 3.95. The summed E-state index contributed by atoms with van der Waals surface area (Å²) in [6, 6.07) is 0. The maximum Gasteiger partial charge on any atom is 0.0612 e. The number of ether oxygens (including phenoxy) is 1. The minimum absolute atomic E-state index is 0.471. The zero-order valence-electron chi connectivity index (χ0n) is 21.0. The molecule has 0 amide bonds. The highest BCUT2D eigenvalue weighted by atomic mass is 16.5. The smallest absolute Gasteiger partial charge is 0.0612 e. The van der Waals surface area contributed by atoms with Crippen LogP contribution in [0.15, 0.2) is 11.6 Å². The van der Waals surface area contributed by atoms with Gasteiger partial charge in [-0.25, -0.2) is 0 Å². The molecule has 0 aromatic carbocycles. The fraction of sp³-hybridized carbons (Fsp3) is 0.931. The summed E-state index contributed by atoms with van der Waals surface area (Å²) in [5.41, 5.74) is 2.86. The average Bonchev–Trinajstić information content (AvgIpc) is 3.05. The Kier molecular flexibility index (Phi) is 6.80. The van der Waals surface area contributed by atoms with Crippen LogP contribution in [0.3, 0.4) is 0 Å². The molecule has 0 heterocycles. The second kappa shape index (κ2) is 8.92. The van der Waals surface area contributed by atoms with Gasteiger partial charge < -0.3 is 4.74 Å². The third-order valence-corrected chi connectivity index (χ3v) is 10.7. The van der Waals surface area contributed by atoms with Gasteiger partial charge in [0.05, 0.1) is 6.10 Å². The van der Waals surface area contributed by atoms with Crippen molar-refractivity contribution in [3.05, 3.63) is 11.6 Å². The van der Waals surface area contributed by atoms with E-state index in [0.29, 0.717) is 16.9 Å². The zero-order valence-corrected chi connectivity index (χ0v) is 21.0. The number of hydrogen-bond acceptors (Lipinski definition) is 1. The van der Waals surface area contributed by atoms with Gasteiger partial charge in [0.25, 0.3) is 0 Å². The van der Waals surface area contributed by atoms with Crippen LogP contribution in [0, 0.1) is 46.3 Å². The molecule has 0 aliphatic heterocycles. The Morgan fingerprint density at radius 3 is 2.53 bits per heavy atom. The van der Waals surface area contributed by atoms with Crippen molar-refractivity contribution in [1.29, 1.82) is 0 Å². The summed E-state index contributed by atoms with van der Waals surface area (Å²) in [4.78, 5) is 0. The van der Waals surface area contributed by atoms with E-state index in [1.165, 1.54) is 70.6 Å². The fourth-order valence-electron chi connectivity index (χ4n) is 9.03. The standard InChI is InChI=1S/C29H50O/c1-7-30-23-15-17-28(5)22(19-23)11-12-24-26-14-13-25(21(4)10-8-9-20(2)3)29(26,6)18-16-27(24)28/h11,20-21,23-27H,7-10,12-19H2,1-6H3/t21?,23-,24?,25?,26?,27?,28?,29?/m0/s1. The molecule has 172 valence electrons. The van der Waals surface area contributed by atoms with Crippen molar-refractivity contribution in [1.82, 2.24) is 0 Å². The van der Waals surface area contributed by atoms with E-state index in [1.54, 1.807) is 5.57 Å². The molecular weight excluding hydrogens is 364 g/mol. The molecule has 0 aromatic rings. The van der Waals surface area contributed by atoms with Gasteiger partial charge in [-0.15, -0.1) is 0 Å². The van der Waals surface area contributed by atoms with E-state index in [9.17, 15) is 0 Å². The largest absolute Gasteiger partial charge is 0.378 e. The molecule has 0 radical (unpaired) electrons. The van der Waals surface area contributed by atoms with Crippen molar-refractivity contribution in [2.75, 3.05) is 6.61 Å². The quantitative estimate of drug-likeness (QED) is 0.380. The normalized spacial score (nSPS) is 44.2. The van der Waals surface area contributed by atoms with Crippen molar-refractivity contribution in [2.24, 2.45) is 46.3 Å². The summed E-state index contributed by atoms with van der Waals surface area (Å²) in [6.45, 7) is 15.7. The molecule has 4 rings (SSSR count). The van der Waals surface area contributed by atoms with Crippen LogP contribution in [-0.4, -0.2) is 12.7 Å². The fourth-order valence-corrected chi connectivity index (χ4v) is 9.03. The number of fused-ring (bicyclic) bond motifs is 5. The third-order valence-electron chi connectivity index (χ3n) is 10.7. The first-order chi connectivity index (χ1) is 14.3. The van der Waals surface area contributed by atoms with Gasteiger partial charge >= 0.3 is 0 Å². The van der Waals surface area contributed by atoms with Gasteiger partial charge in [0, 0.05) is 6.61 Å². The Balaban J connectivity index is 1.47. The van der Waals surface area contributed by atoms with Crippen molar-refractivity contribution in [2.45, 2.75) is 118 Å². The lowest BCUT2D eigenvalue weighted by molar-refractivity contribution is -0.0630. The lowest BCUT2D eigenvalue weighted by Crippen LogP contribution is -2.51. The summed E-state index contributed by atoms with van der Waals surface area (Å²) >= 11 is 0. The number of allylic oxidation sites excluding steroid dienone is 1. The van der Waals surface area contributed by atoms with E-state index >= 15 is 0 Å². The molecule has 0 saturated heterocycles. The summed E-state index contributed by atoms with van der Waals surface area (Å²) in [5.74, 6) is 5.63. The Morgan fingerprint density at radius 1 is 1.00 bits per heavy atom. The van der Waals surface area contributed by atoms with Crippen LogP contribution in [0.2, 0.25) is 0 Å². The zero-order chi connectivity index (χ0) is 21.5. The van der Waals surface area contributed by atoms with Gasteiger partial charge in [-0.3, -0.25) is 0 Å². The Hall–Kier alpha value is -0.300. The van der Waals surface area contributed by atoms with Gasteiger partial charge in [0.1, 0.15) is 0 Å². The topological polar surface area (TPSA) is 9.23 Å². The van der Waals surface area contributed by atoms with Crippen molar-refractivity contribution in [3.63, 3.8) is 0 Å². The van der Waals surface area contributed by atoms with Crippen LogP contribution in [0.4, 0.5) is 0 Å². The van der Waals surface area contributed by atoms with Crippen LogP contribution in [-0.2, 0) is 4.74 Å². The minimum atomic E-state index is 0.471. The molecule has 7 unspecified atom stereocenters. The van der Waals surface area contributed by atoms with Crippen molar-refractivity contribution < 1.29 is 4.74 Å². The predicted octanol–water partition coefficient (Wildman–Crippen LogP) is 8.43. The first kappa shape index (κ1) is 22.9. The molecule has 4 aliphatic rings. The van der Waals surface area contributed by atoms with E-state index in [0.717, 1.165) is 42.1 Å². The first-order valence-electron chi connectivity index (χ1n) is 13.6. The molecule has 3 fully saturated rings. The van der Waals surface area contributed by atoms with Gasteiger partial charge in [-0.1, -0.05) is 65.5 Å². The highest BCUT2D eigenvalue weighted by Crippen LogP contribution is 2.67. The van der Waals surface area contributed by atoms with Crippen LogP contribution in [0.1, 0.15) is 112 Å². The van der Waals surface area contributed by atoms with Gasteiger partial charge in [-0.05, 0) is 105 Å². The maximum absolute atomic E-state index is 6.04. The Morgan fingerprint density at radius 2 is 1.80 bits per heavy atom. The second-order valence-electron chi connectivity index (χ2n) is 12.6. The average molecular weight is 415 g/mol. The molecule has 0 spiro atoms. The molecule has 0 bridgehead atoms. The maximum atomic E-state index is 6.04. The summed E-state index contributed by atoms with van der Waals surface area (Å²) in [6.07, 6.45) is 18.7. The highest BCUT2D eigenvalue weighted by molar-refractivity contribution is 5.25. The van der Waals surface area contributed by atoms with E-state index in [1.807, 2.05) is 0 Å². The summed E-state index contributed by atoms with van der Waals surface area (Å²) in [5, 5.41) is 0. The molecule has 30 heavy (non-hydrogen) atoms. The van der Waals surface area contributed by atoms with E-state index in [2.05, 4.69) is 47.6 Å². The second-order valence-corrected chi connectivity index (χ2v) is 12.6. The number of rotatable bonds is 7. The molecule has 0 N–H and O–H groups in total. The van der Waals surface area contributed by atoms with Crippen LogP contribution in [0.25, 0.3) is 0 Å². The summed E-state index contributed by atoms with van der Waals surface area (Å²) in [7, 11) is 0. The van der Waals surface area contributed by atoms with Gasteiger partial charge in [0.2, 0.25) is 0 Å². The summed E-state index contributed by atoms with van der Waals surface area (Å²) < 4.78 is 6.04. The lowest BCUT2D eigenvalue weighted by atomic mass is 9.47. The molecular formula is C29H50O.